The van der Waals surface area contributed by atoms with Gasteiger partial charge in [0.15, 0.2) is 11.5 Å². The molecule has 0 bridgehead atoms. The van der Waals surface area contributed by atoms with E-state index in [1.807, 2.05) is 0 Å². The summed E-state index contributed by atoms with van der Waals surface area (Å²) in [7, 11) is 0. The second-order valence-corrected chi connectivity index (χ2v) is 12.1. The van der Waals surface area contributed by atoms with Crippen LogP contribution < -0.4 is 25.4 Å². The van der Waals surface area contributed by atoms with Gasteiger partial charge in [-0.1, -0.05) is 6.07 Å². The number of hydrogen-bond acceptors (Lipinski definition) is 14. The van der Waals surface area contributed by atoms with E-state index in [1.54, 1.807) is 6.92 Å². The Hall–Kier alpha value is -5.99. The van der Waals surface area contributed by atoms with Crippen LogP contribution in [-0.4, -0.2) is 123 Å². The molecule has 51 heavy (non-hydrogen) atoms. The smallest absolute Gasteiger partial charge is 0.352 e. The fourth-order valence-electron chi connectivity index (χ4n) is 5.35. The number of aliphatic carboxylic acids is 1. The maximum absolute atomic E-state index is 14.1. The number of carboxylic acids is 1. The van der Waals surface area contributed by atoms with Crippen LogP contribution in [0.4, 0.5) is 4.79 Å². The van der Waals surface area contributed by atoms with E-state index in [0.717, 1.165) is 49.6 Å². The molecule has 3 aliphatic heterocycles. The molecule has 1 aromatic carbocycles. The second-order valence-electron chi connectivity index (χ2n) is 11.0. The van der Waals surface area contributed by atoms with Crippen LogP contribution in [0.15, 0.2) is 29.5 Å². The number of ether oxygens (including phenoxy) is 3. The average Bonchev–Trinajstić information content (AvgIpc) is 3.06. The zero-order valence-corrected chi connectivity index (χ0v) is 28.3. The van der Waals surface area contributed by atoms with Gasteiger partial charge in [0, 0.05) is 51.7 Å². The summed E-state index contributed by atoms with van der Waals surface area (Å²) in [6, 6.07) is -0.669. The largest absolute Gasteiger partial charge is 0.477 e. The highest BCUT2D eigenvalue weighted by Crippen LogP contribution is 2.41. The van der Waals surface area contributed by atoms with Crippen LogP contribution in [0, 0.1) is 0 Å². The summed E-state index contributed by atoms with van der Waals surface area (Å²) in [5, 5.41) is 16.3. The van der Waals surface area contributed by atoms with Gasteiger partial charge in [0.25, 0.3) is 5.91 Å². The van der Waals surface area contributed by atoms with Crippen molar-refractivity contribution in [3.8, 4) is 11.5 Å². The fraction of sp³-hybridized carbons (Fsp3) is 0.400. The van der Waals surface area contributed by atoms with Crippen molar-refractivity contribution < 1.29 is 67.3 Å². The molecule has 3 aliphatic rings. The average molecular weight is 733 g/mol. The monoisotopic (exact) mass is 732 g/mol. The highest BCUT2D eigenvalue weighted by molar-refractivity contribution is 8.00. The molecule has 0 aromatic heterocycles. The van der Waals surface area contributed by atoms with Gasteiger partial charge in [-0.2, -0.15) is 0 Å². The third-order valence-corrected chi connectivity index (χ3v) is 8.90. The number of nitrogens with zero attached hydrogens (tertiary/aromatic N) is 3. The van der Waals surface area contributed by atoms with E-state index in [2.05, 4.69) is 16.0 Å². The lowest BCUT2D eigenvalue weighted by Gasteiger charge is -2.49. The van der Waals surface area contributed by atoms with Crippen LogP contribution in [0.25, 0.3) is 0 Å². The number of esters is 3. The normalized spacial score (nSPS) is 19.5. The van der Waals surface area contributed by atoms with E-state index in [1.165, 1.54) is 11.0 Å². The first-order valence-electron chi connectivity index (χ1n) is 15.1. The Morgan fingerprint density at radius 3 is 2.22 bits per heavy atom. The molecule has 2 unspecified atom stereocenters. The number of carbonyl (C=O) groups excluding carboxylic acids is 9. The molecule has 4 atom stereocenters. The molecule has 4 rings (SSSR count). The predicted molar refractivity (Wildman–Crippen MR) is 169 cm³/mol. The minimum Gasteiger partial charge on any atom is -0.477 e. The number of β-lactam (4-membered cyclic amide) rings is 1. The van der Waals surface area contributed by atoms with E-state index in [0.29, 0.717) is 4.90 Å². The van der Waals surface area contributed by atoms with Gasteiger partial charge in [-0.3, -0.25) is 48.2 Å². The van der Waals surface area contributed by atoms with Crippen LogP contribution >= 0.6 is 11.8 Å². The highest BCUT2D eigenvalue weighted by Gasteiger charge is 2.54. The summed E-state index contributed by atoms with van der Waals surface area (Å²) < 4.78 is 15.5. The number of likely N-dealkylation sites (N-methyl/N-ethyl adjacent to an activating group) is 1. The molecule has 0 radical (unpaired) electrons. The molecule has 272 valence electrons. The Labute approximate surface area is 292 Å². The summed E-state index contributed by atoms with van der Waals surface area (Å²) in [5.41, 5.74) is -1.01. The number of carbonyl (C=O) groups is 10. The Balaban J connectivity index is 1.76. The minimum atomic E-state index is -1.84. The first kappa shape index (κ1) is 37.8. The Morgan fingerprint density at radius 1 is 0.961 bits per heavy atom. The quantitative estimate of drug-likeness (QED) is 0.0469. The summed E-state index contributed by atoms with van der Waals surface area (Å²) in [6.07, 6.45) is -1.56. The zero-order chi connectivity index (χ0) is 37.7. The van der Waals surface area contributed by atoms with E-state index in [-0.39, 0.29) is 54.4 Å². The number of carboxylic acid groups (broad SMARTS) is 1. The van der Waals surface area contributed by atoms with E-state index in [9.17, 15) is 53.1 Å². The Kier molecular flexibility index (Phi) is 11.6. The summed E-state index contributed by atoms with van der Waals surface area (Å²) in [5.74, 6) is -9.17. The molecule has 7 amide bonds. The van der Waals surface area contributed by atoms with Gasteiger partial charge in [-0.25, -0.2) is 9.59 Å². The first-order valence-corrected chi connectivity index (χ1v) is 16.1. The number of rotatable bonds is 12. The maximum Gasteiger partial charge on any atom is 0.352 e. The molecule has 0 aliphatic carbocycles. The Morgan fingerprint density at radius 2 is 1.63 bits per heavy atom. The number of benzene rings is 1. The summed E-state index contributed by atoms with van der Waals surface area (Å²) in [4.78, 5) is 127. The van der Waals surface area contributed by atoms with Gasteiger partial charge in [-0.15, -0.1) is 11.8 Å². The SMILES string of the molecule is CCN1CCN(C(=O)NC(C(=O)NC(OC(C)=O)C2=C(C(=O)O)N3C(=O)[C@H](NC=O)[C@H]3SC2)c2ccc(OC(C)=O)c(OC(C)=O)c2)C(=O)C1=O. The standard InChI is InChI=1S/C30H32N6O14S/c1-5-34-8-9-35(27(44)26(34)43)30(47)32-20(16-6-7-18(48-13(2)38)19(10-16)49-14(3)39)23(41)33-24(50-15(4)40)17-11-51-28-21(31-12-37)25(42)36(28)22(17)29(45)46/h6-7,10,12,20-21,24,28H,5,8-9,11H2,1-4H3,(H,31,37)(H,32,47)(H,33,41)(H,45,46)/t20?,21-,24?,28+/m0/s1. The third kappa shape index (κ3) is 8.09. The lowest BCUT2D eigenvalue weighted by molar-refractivity contribution is -0.153. The molecule has 2 saturated heterocycles. The van der Waals surface area contributed by atoms with Crippen LogP contribution in [0.5, 0.6) is 11.5 Å². The van der Waals surface area contributed by atoms with Crippen molar-refractivity contribution in [2.45, 2.75) is 51.4 Å². The summed E-state index contributed by atoms with van der Waals surface area (Å²) in [6.45, 7) is 4.67. The van der Waals surface area contributed by atoms with Gasteiger partial charge < -0.3 is 40.2 Å². The van der Waals surface area contributed by atoms with Crippen LogP contribution in [-0.2, 0) is 47.9 Å². The number of nitrogens with one attached hydrogen (secondary N) is 3. The molecule has 0 spiro atoms. The van der Waals surface area contributed by atoms with Crippen molar-refractivity contribution in [3.63, 3.8) is 0 Å². The Bertz CT molecular complexity index is 1750. The van der Waals surface area contributed by atoms with Crippen LogP contribution in [0.3, 0.4) is 0 Å². The number of urea groups is 1. The van der Waals surface area contributed by atoms with Crippen molar-refractivity contribution in [1.29, 1.82) is 0 Å². The van der Waals surface area contributed by atoms with Gasteiger partial charge in [0.2, 0.25) is 18.5 Å². The van der Waals surface area contributed by atoms with Crippen molar-refractivity contribution in [2.75, 3.05) is 25.4 Å². The summed E-state index contributed by atoms with van der Waals surface area (Å²) >= 11 is 1.01. The van der Waals surface area contributed by atoms with Crippen molar-refractivity contribution >= 4 is 71.7 Å². The maximum atomic E-state index is 14.1. The van der Waals surface area contributed by atoms with Gasteiger partial charge in [0.05, 0.1) is 0 Å². The zero-order valence-electron chi connectivity index (χ0n) is 27.5. The highest BCUT2D eigenvalue weighted by atomic mass is 32.2. The van der Waals surface area contributed by atoms with Gasteiger partial charge in [-0.05, 0) is 24.6 Å². The van der Waals surface area contributed by atoms with E-state index < -0.39 is 82.9 Å². The lowest BCUT2D eigenvalue weighted by atomic mass is 10.0. The van der Waals surface area contributed by atoms with E-state index >= 15 is 0 Å². The molecule has 4 N–H and O–H groups in total. The van der Waals surface area contributed by atoms with E-state index in [4.69, 9.17) is 14.2 Å². The van der Waals surface area contributed by atoms with Crippen molar-refractivity contribution in [3.05, 3.63) is 35.0 Å². The number of amides is 7. The van der Waals surface area contributed by atoms with Crippen LogP contribution in [0.2, 0.25) is 0 Å². The number of piperazine rings is 1. The molecule has 20 nitrogen and oxygen atoms in total. The minimum absolute atomic E-state index is 0.00318. The molecule has 2 fully saturated rings. The fourth-order valence-corrected chi connectivity index (χ4v) is 6.74. The number of fused-ring (bicyclic) bond motifs is 1. The number of imide groups is 1. The lowest BCUT2D eigenvalue weighted by Crippen LogP contribution is -2.70. The third-order valence-electron chi connectivity index (χ3n) is 7.60. The molecule has 3 heterocycles. The van der Waals surface area contributed by atoms with Gasteiger partial charge >= 0.3 is 41.7 Å². The number of thioether (sulfide) groups is 1. The van der Waals surface area contributed by atoms with Crippen molar-refractivity contribution in [1.82, 2.24) is 30.7 Å². The molecular formula is C30H32N6O14S. The van der Waals surface area contributed by atoms with Gasteiger partial charge in [0.1, 0.15) is 23.2 Å². The molecule has 1 aromatic rings. The first-order chi connectivity index (χ1) is 24.1. The molecule has 0 saturated carbocycles. The molecule has 21 heteroatoms. The topological polar surface area (TPSA) is 264 Å². The number of hydrogen-bond donors (Lipinski definition) is 4. The predicted octanol–water partition coefficient (Wildman–Crippen LogP) is -1.65. The van der Waals surface area contributed by atoms with Crippen molar-refractivity contribution in [2.24, 2.45) is 0 Å². The molecular weight excluding hydrogens is 700 g/mol. The van der Waals surface area contributed by atoms with Crippen LogP contribution in [0.1, 0.15) is 39.3 Å². The second kappa shape index (κ2) is 15.7.